The Balaban J connectivity index is 1.91. The summed E-state index contributed by atoms with van der Waals surface area (Å²) in [4.78, 5) is 15.2. The molecule has 0 saturated heterocycles. The zero-order chi connectivity index (χ0) is 11.2. The Kier molecular flexibility index (Phi) is 3.62. The van der Waals surface area contributed by atoms with Gasteiger partial charge in [0, 0.05) is 13.1 Å². The van der Waals surface area contributed by atoms with Gasteiger partial charge in [-0.15, -0.1) is 0 Å². The predicted octanol–water partition coefficient (Wildman–Crippen LogP) is -0.260. The normalized spacial score (nSPS) is 10.8. The van der Waals surface area contributed by atoms with E-state index in [1.54, 1.807) is 6.33 Å². The van der Waals surface area contributed by atoms with E-state index in [1.165, 1.54) is 6.33 Å². The molecule has 0 aliphatic rings. The van der Waals surface area contributed by atoms with E-state index in [0.717, 1.165) is 11.3 Å². The number of nitrogens with zero attached hydrogens (tertiary/aromatic N) is 3. The molecule has 0 unspecified atom stereocenters. The fourth-order valence-electron chi connectivity index (χ4n) is 1.33. The average Bonchev–Trinajstić information content (AvgIpc) is 2.77. The maximum Gasteiger partial charge on any atom is 0.182 e. The largest absolute Gasteiger partial charge is 0.378 e. The molecule has 2 aromatic heterocycles. The van der Waals surface area contributed by atoms with Gasteiger partial charge in [0.05, 0.1) is 19.5 Å². The van der Waals surface area contributed by atoms with Crippen molar-refractivity contribution < 1.29 is 4.74 Å². The lowest BCUT2D eigenvalue weighted by Crippen LogP contribution is -2.15. The summed E-state index contributed by atoms with van der Waals surface area (Å²) < 4.78 is 5.24. The van der Waals surface area contributed by atoms with Crippen LogP contribution in [0.4, 0.5) is 5.82 Å². The average molecular weight is 222 g/mol. The van der Waals surface area contributed by atoms with Crippen LogP contribution in [-0.4, -0.2) is 46.2 Å². The number of hydrogen-bond acceptors (Lipinski definition) is 6. The highest BCUT2D eigenvalue weighted by Crippen LogP contribution is 2.13. The smallest absolute Gasteiger partial charge is 0.182 e. The van der Waals surface area contributed by atoms with Crippen molar-refractivity contribution in [3.63, 3.8) is 0 Å². The summed E-state index contributed by atoms with van der Waals surface area (Å²) in [6, 6.07) is 0. The number of anilines is 1. The fraction of sp³-hybridized carbons (Fsp3) is 0.444. The topological polar surface area (TPSA) is 102 Å². The van der Waals surface area contributed by atoms with Crippen LogP contribution < -0.4 is 11.1 Å². The molecule has 0 amide bonds. The molecule has 4 N–H and O–H groups in total. The van der Waals surface area contributed by atoms with E-state index in [0.29, 0.717) is 32.0 Å². The van der Waals surface area contributed by atoms with E-state index in [4.69, 9.17) is 10.5 Å². The van der Waals surface area contributed by atoms with Gasteiger partial charge in [-0.25, -0.2) is 15.0 Å². The number of hydrogen-bond donors (Lipinski definition) is 3. The highest BCUT2D eigenvalue weighted by atomic mass is 16.5. The zero-order valence-electron chi connectivity index (χ0n) is 8.81. The summed E-state index contributed by atoms with van der Waals surface area (Å²) in [6.07, 6.45) is 3.07. The molecule has 2 aromatic rings. The van der Waals surface area contributed by atoms with Crippen LogP contribution in [0.5, 0.6) is 0 Å². The van der Waals surface area contributed by atoms with Crippen molar-refractivity contribution in [2.45, 2.75) is 0 Å². The molecular formula is C9H14N6O. The number of fused-ring (bicyclic) bond motifs is 1. The molecule has 0 spiro atoms. The van der Waals surface area contributed by atoms with Gasteiger partial charge in [-0.2, -0.15) is 0 Å². The molecule has 7 heteroatoms. The maximum absolute atomic E-state index is 5.30. The SMILES string of the molecule is NCCOCCNc1ncnc2nc[nH]c12. The Hall–Kier alpha value is -1.73. The third-order valence-electron chi connectivity index (χ3n) is 2.02. The first kappa shape index (κ1) is 10.8. The summed E-state index contributed by atoms with van der Waals surface area (Å²) >= 11 is 0. The number of ether oxygens (including phenoxy) is 1. The number of nitrogens with two attached hydrogens (primary N) is 1. The lowest BCUT2D eigenvalue weighted by Gasteiger charge is -2.05. The number of rotatable bonds is 6. The van der Waals surface area contributed by atoms with Crippen LogP contribution in [0.2, 0.25) is 0 Å². The van der Waals surface area contributed by atoms with Crippen LogP contribution in [0.15, 0.2) is 12.7 Å². The molecule has 0 radical (unpaired) electrons. The number of H-pyrrole nitrogens is 1. The van der Waals surface area contributed by atoms with Gasteiger partial charge in [0.15, 0.2) is 11.5 Å². The van der Waals surface area contributed by atoms with E-state index in [-0.39, 0.29) is 0 Å². The minimum Gasteiger partial charge on any atom is -0.378 e. The lowest BCUT2D eigenvalue weighted by molar-refractivity contribution is 0.151. The van der Waals surface area contributed by atoms with Crippen LogP contribution in [0, 0.1) is 0 Å². The minimum atomic E-state index is 0.540. The standard InChI is InChI=1S/C9H14N6O/c10-1-3-16-4-2-11-8-7-9(13-5-12-7)15-6-14-8/h5-6H,1-4,10H2,(H2,11,12,13,14,15). The van der Waals surface area contributed by atoms with Crippen molar-refractivity contribution in [3.8, 4) is 0 Å². The summed E-state index contributed by atoms with van der Waals surface area (Å²) in [5, 5.41) is 3.14. The number of aromatic nitrogens is 4. The van der Waals surface area contributed by atoms with Gasteiger partial charge >= 0.3 is 0 Å². The van der Waals surface area contributed by atoms with Crippen molar-refractivity contribution in [2.75, 3.05) is 31.6 Å². The van der Waals surface area contributed by atoms with Crippen LogP contribution in [0.3, 0.4) is 0 Å². The molecule has 0 aliphatic carbocycles. The van der Waals surface area contributed by atoms with E-state index in [2.05, 4.69) is 25.3 Å². The first-order valence-electron chi connectivity index (χ1n) is 5.07. The Morgan fingerprint density at radius 3 is 3.12 bits per heavy atom. The van der Waals surface area contributed by atoms with Gasteiger partial charge in [-0.05, 0) is 0 Å². The van der Waals surface area contributed by atoms with Crippen molar-refractivity contribution in [1.29, 1.82) is 0 Å². The van der Waals surface area contributed by atoms with Gasteiger partial charge in [-0.1, -0.05) is 0 Å². The van der Waals surface area contributed by atoms with E-state index in [9.17, 15) is 0 Å². The number of aromatic amines is 1. The van der Waals surface area contributed by atoms with Crippen molar-refractivity contribution in [1.82, 2.24) is 19.9 Å². The molecule has 0 aromatic carbocycles. The second-order valence-corrected chi connectivity index (χ2v) is 3.15. The maximum atomic E-state index is 5.30. The third kappa shape index (κ3) is 2.44. The fourth-order valence-corrected chi connectivity index (χ4v) is 1.33. The molecular weight excluding hydrogens is 208 g/mol. The van der Waals surface area contributed by atoms with E-state index < -0.39 is 0 Å². The molecule has 7 nitrogen and oxygen atoms in total. The monoisotopic (exact) mass is 222 g/mol. The van der Waals surface area contributed by atoms with Gasteiger partial charge in [-0.3, -0.25) is 0 Å². The Morgan fingerprint density at radius 1 is 1.31 bits per heavy atom. The predicted molar refractivity (Wildman–Crippen MR) is 60.0 cm³/mol. The van der Waals surface area contributed by atoms with E-state index in [1.807, 2.05) is 0 Å². The van der Waals surface area contributed by atoms with Gasteiger partial charge < -0.3 is 20.8 Å². The molecule has 2 rings (SSSR count). The van der Waals surface area contributed by atoms with Gasteiger partial charge in [0.25, 0.3) is 0 Å². The molecule has 0 fully saturated rings. The summed E-state index contributed by atoms with van der Waals surface area (Å²) in [6.45, 7) is 2.38. The zero-order valence-corrected chi connectivity index (χ0v) is 8.81. The minimum absolute atomic E-state index is 0.540. The molecule has 0 saturated carbocycles. The molecule has 2 heterocycles. The number of imidazole rings is 1. The van der Waals surface area contributed by atoms with Gasteiger partial charge in [0.2, 0.25) is 0 Å². The molecule has 86 valence electrons. The lowest BCUT2D eigenvalue weighted by atomic mass is 10.5. The van der Waals surface area contributed by atoms with Crippen molar-refractivity contribution in [2.24, 2.45) is 5.73 Å². The van der Waals surface area contributed by atoms with Crippen LogP contribution in [0.1, 0.15) is 0 Å². The Labute approximate surface area is 92.4 Å². The summed E-state index contributed by atoms with van der Waals surface area (Å²) in [5.41, 5.74) is 6.76. The van der Waals surface area contributed by atoms with Crippen LogP contribution >= 0.6 is 0 Å². The molecule has 16 heavy (non-hydrogen) atoms. The quantitative estimate of drug-likeness (QED) is 0.582. The second kappa shape index (κ2) is 5.38. The van der Waals surface area contributed by atoms with E-state index >= 15 is 0 Å². The third-order valence-corrected chi connectivity index (χ3v) is 2.02. The highest BCUT2D eigenvalue weighted by molar-refractivity contribution is 5.81. The molecule has 0 bridgehead atoms. The first-order chi connectivity index (χ1) is 7.92. The summed E-state index contributed by atoms with van der Waals surface area (Å²) in [5.74, 6) is 0.735. The van der Waals surface area contributed by atoms with Crippen LogP contribution in [0.25, 0.3) is 11.2 Å². The molecule has 0 aliphatic heterocycles. The Bertz CT molecular complexity index is 442. The Morgan fingerprint density at radius 2 is 2.25 bits per heavy atom. The van der Waals surface area contributed by atoms with Crippen LogP contribution in [-0.2, 0) is 4.74 Å². The van der Waals surface area contributed by atoms with Crippen molar-refractivity contribution >= 4 is 17.0 Å². The highest BCUT2D eigenvalue weighted by Gasteiger charge is 2.03. The number of nitrogens with one attached hydrogen (secondary N) is 2. The first-order valence-corrected chi connectivity index (χ1v) is 5.07. The second-order valence-electron chi connectivity index (χ2n) is 3.15. The van der Waals surface area contributed by atoms with Gasteiger partial charge in [0.1, 0.15) is 11.8 Å². The molecule has 0 atom stereocenters. The van der Waals surface area contributed by atoms with Crippen molar-refractivity contribution in [3.05, 3.63) is 12.7 Å². The summed E-state index contributed by atoms with van der Waals surface area (Å²) in [7, 11) is 0.